The normalized spacial score (nSPS) is 18.9. The van der Waals surface area contributed by atoms with Gasteiger partial charge in [0.05, 0.1) is 5.84 Å². The van der Waals surface area contributed by atoms with E-state index in [1.165, 1.54) is 0 Å². The highest BCUT2D eigenvalue weighted by molar-refractivity contribution is 8.76. The molecule has 1 heterocycles. The van der Waals surface area contributed by atoms with Crippen LogP contribution in [0.2, 0.25) is 0 Å². The first kappa shape index (κ1) is 10.3. The van der Waals surface area contributed by atoms with Crippen LogP contribution in [0, 0.1) is 5.41 Å². The number of rotatable bonds is 2. The molecule has 1 aliphatic rings. The highest BCUT2D eigenvalue weighted by Gasteiger charge is 2.11. The number of amidine groups is 1. The molecule has 0 aromatic rings. The van der Waals surface area contributed by atoms with Crippen molar-refractivity contribution in [1.82, 2.24) is 4.90 Å². The van der Waals surface area contributed by atoms with Crippen LogP contribution in [0.15, 0.2) is 0 Å². The lowest BCUT2D eigenvalue weighted by molar-refractivity contribution is 0.460. The van der Waals surface area contributed by atoms with Crippen LogP contribution in [-0.4, -0.2) is 35.3 Å². The third kappa shape index (κ3) is 3.27. The SMILES string of the molecule is CCCC(=N)N1CCSSCC1. The van der Waals surface area contributed by atoms with Gasteiger partial charge in [0.1, 0.15) is 0 Å². The fourth-order valence-electron chi connectivity index (χ4n) is 1.19. The van der Waals surface area contributed by atoms with Crippen LogP contribution in [0.5, 0.6) is 0 Å². The summed E-state index contributed by atoms with van der Waals surface area (Å²) < 4.78 is 0. The number of nitrogens with one attached hydrogen (secondary N) is 1. The van der Waals surface area contributed by atoms with E-state index in [4.69, 9.17) is 5.41 Å². The highest BCUT2D eigenvalue weighted by atomic mass is 33.1. The molecule has 0 aromatic heterocycles. The summed E-state index contributed by atoms with van der Waals surface area (Å²) in [7, 11) is 3.87. The van der Waals surface area contributed by atoms with Crippen molar-refractivity contribution in [2.24, 2.45) is 0 Å². The largest absolute Gasteiger partial charge is 0.359 e. The van der Waals surface area contributed by atoms with Gasteiger partial charge in [0.15, 0.2) is 0 Å². The van der Waals surface area contributed by atoms with Gasteiger partial charge in [-0.25, -0.2) is 0 Å². The summed E-state index contributed by atoms with van der Waals surface area (Å²) >= 11 is 0. The molecule has 1 fully saturated rings. The maximum absolute atomic E-state index is 7.79. The van der Waals surface area contributed by atoms with Crippen LogP contribution < -0.4 is 0 Å². The summed E-state index contributed by atoms with van der Waals surface area (Å²) in [5.41, 5.74) is 0. The Hall–Kier alpha value is 0.170. The molecule has 0 unspecified atom stereocenters. The summed E-state index contributed by atoms with van der Waals surface area (Å²) in [6.07, 6.45) is 2.03. The molecule has 1 N–H and O–H groups in total. The lowest BCUT2D eigenvalue weighted by atomic mass is 10.3. The molecule has 1 saturated heterocycles. The second-order valence-electron chi connectivity index (χ2n) is 2.83. The van der Waals surface area contributed by atoms with E-state index in [9.17, 15) is 0 Å². The molecular formula is C8H16N2S2. The van der Waals surface area contributed by atoms with Gasteiger partial charge in [0, 0.05) is 31.0 Å². The molecule has 0 bridgehead atoms. The molecule has 0 radical (unpaired) electrons. The first-order chi connectivity index (χ1) is 5.84. The number of hydrogen-bond acceptors (Lipinski definition) is 3. The Balaban J connectivity index is 2.32. The molecule has 2 nitrogen and oxygen atoms in total. The Morgan fingerprint density at radius 3 is 2.42 bits per heavy atom. The second kappa shape index (κ2) is 5.75. The van der Waals surface area contributed by atoms with Crippen LogP contribution in [0.3, 0.4) is 0 Å². The average Bonchev–Trinajstić information content (AvgIpc) is 2.32. The maximum Gasteiger partial charge on any atom is 0.0958 e. The van der Waals surface area contributed by atoms with E-state index in [-0.39, 0.29) is 0 Å². The minimum atomic E-state index is 0.834. The third-order valence-electron chi connectivity index (χ3n) is 1.84. The molecule has 0 aliphatic carbocycles. The minimum Gasteiger partial charge on any atom is -0.359 e. The monoisotopic (exact) mass is 204 g/mol. The predicted molar refractivity (Wildman–Crippen MR) is 59.1 cm³/mol. The fourth-order valence-corrected chi connectivity index (χ4v) is 3.17. The van der Waals surface area contributed by atoms with Crippen molar-refractivity contribution in [2.75, 3.05) is 24.6 Å². The van der Waals surface area contributed by atoms with Gasteiger partial charge in [-0.15, -0.1) is 0 Å². The zero-order valence-electron chi connectivity index (χ0n) is 7.51. The van der Waals surface area contributed by atoms with Gasteiger partial charge < -0.3 is 4.90 Å². The van der Waals surface area contributed by atoms with Gasteiger partial charge in [0.2, 0.25) is 0 Å². The van der Waals surface area contributed by atoms with Crippen LogP contribution in [0.25, 0.3) is 0 Å². The zero-order chi connectivity index (χ0) is 8.81. The first-order valence-corrected chi connectivity index (χ1v) is 6.90. The maximum atomic E-state index is 7.79. The van der Waals surface area contributed by atoms with Crippen molar-refractivity contribution in [3.63, 3.8) is 0 Å². The van der Waals surface area contributed by atoms with E-state index in [0.29, 0.717) is 0 Å². The van der Waals surface area contributed by atoms with Gasteiger partial charge >= 0.3 is 0 Å². The van der Waals surface area contributed by atoms with Crippen molar-refractivity contribution in [3.05, 3.63) is 0 Å². The van der Waals surface area contributed by atoms with Gasteiger partial charge in [-0.2, -0.15) is 0 Å². The van der Waals surface area contributed by atoms with Crippen molar-refractivity contribution < 1.29 is 0 Å². The lowest BCUT2D eigenvalue weighted by Gasteiger charge is -2.21. The summed E-state index contributed by atoms with van der Waals surface area (Å²) in [6, 6.07) is 0. The van der Waals surface area contributed by atoms with Crippen LogP contribution in [0.4, 0.5) is 0 Å². The molecule has 0 atom stereocenters. The Bertz CT molecular complexity index is 142. The van der Waals surface area contributed by atoms with Crippen LogP contribution in [-0.2, 0) is 0 Å². The summed E-state index contributed by atoms with van der Waals surface area (Å²) in [4.78, 5) is 2.22. The topological polar surface area (TPSA) is 27.1 Å². The van der Waals surface area contributed by atoms with Gasteiger partial charge in [-0.1, -0.05) is 28.5 Å². The first-order valence-electron chi connectivity index (χ1n) is 4.41. The second-order valence-corrected chi connectivity index (χ2v) is 5.53. The van der Waals surface area contributed by atoms with E-state index in [0.717, 1.165) is 43.3 Å². The standard InChI is InChI=1S/C8H16N2S2/c1-2-3-8(9)10-4-6-11-12-7-5-10/h9H,2-7H2,1H3. The minimum absolute atomic E-state index is 0.834. The Kier molecular flexibility index (Phi) is 4.92. The predicted octanol–water partition coefficient (Wildman–Crippen LogP) is 2.46. The molecule has 0 saturated carbocycles. The van der Waals surface area contributed by atoms with Gasteiger partial charge in [-0.05, 0) is 6.42 Å². The molecule has 1 aliphatic heterocycles. The molecule has 1 rings (SSSR count). The average molecular weight is 204 g/mol. The van der Waals surface area contributed by atoms with Gasteiger partial charge in [-0.3, -0.25) is 5.41 Å². The molecule has 0 aromatic carbocycles. The molecular weight excluding hydrogens is 188 g/mol. The van der Waals surface area contributed by atoms with E-state index in [1.54, 1.807) is 0 Å². The zero-order valence-corrected chi connectivity index (χ0v) is 9.14. The molecule has 4 heteroatoms. The summed E-state index contributed by atoms with van der Waals surface area (Å²) in [5.74, 6) is 3.16. The van der Waals surface area contributed by atoms with Crippen molar-refractivity contribution in [3.8, 4) is 0 Å². The van der Waals surface area contributed by atoms with Crippen LogP contribution >= 0.6 is 21.6 Å². The van der Waals surface area contributed by atoms with Gasteiger partial charge in [0.25, 0.3) is 0 Å². The third-order valence-corrected chi connectivity index (χ3v) is 4.21. The fraction of sp³-hybridized carbons (Fsp3) is 0.875. The summed E-state index contributed by atoms with van der Waals surface area (Å²) in [5, 5.41) is 7.79. The highest BCUT2D eigenvalue weighted by Crippen LogP contribution is 2.24. The summed E-state index contributed by atoms with van der Waals surface area (Å²) in [6.45, 7) is 4.27. The molecule has 0 amide bonds. The van der Waals surface area contributed by atoms with Crippen molar-refractivity contribution in [1.29, 1.82) is 5.41 Å². The van der Waals surface area contributed by atoms with Crippen LogP contribution in [0.1, 0.15) is 19.8 Å². The van der Waals surface area contributed by atoms with E-state index >= 15 is 0 Å². The number of hydrogen-bond donors (Lipinski definition) is 1. The van der Waals surface area contributed by atoms with E-state index in [1.807, 2.05) is 21.6 Å². The van der Waals surface area contributed by atoms with E-state index in [2.05, 4.69) is 11.8 Å². The molecule has 70 valence electrons. The smallest absolute Gasteiger partial charge is 0.0958 e. The quantitative estimate of drug-likeness (QED) is 0.425. The number of nitrogens with zero attached hydrogens (tertiary/aromatic N) is 1. The molecule has 0 spiro atoms. The Morgan fingerprint density at radius 1 is 1.33 bits per heavy atom. The lowest BCUT2D eigenvalue weighted by Crippen LogP contribution is -2.32. The van der Waals surface area contributed by atoms with E-state index < -0.39 is 0 Å². The molecule has 12 heavy (non-hydrogen) atoms. The Morgan fingerprint density at radius 2 is 1.92 bits per heavy atom. The van der Waals surface area contributed by atoms with Crippen molar-refractivity contribution in [2.45, 2.75) is 19.8 Å². The van der Waals surface area contributed by atoms with Crippen molar-refractivity contribution >= 4 is 27.4 Å². The Labute approximate surface area is 82.4 Å².